The topological polar surface area (TPSA) is 93.4 Å². The van der Waals surface area contributed by atoms with E-state index in [0.29, 0.717) is 11.1 Å². The van der Waals surface area contributed by atoms with Gasteiger partial charge in [0.05, 0.1) is 29.8 Å². The number of fused-ring (bicyclic) bond motifs is 1. The first-order valence-electron chi connectivity index (χ1n) is 9.15. The van der Waals surface area contributed by atoms with Gasteiger partial charge in [-0.15, -0.1) is 0 Å². The third-order valence-corrected chi connectivity index (χ3v) is 5.11. The molecule has 2 aromatic rings. The molecule has 0 bridgehead atoms. The lowest BCUT2D eigenvalue weighted by atomic mass is 9.83. The molecule has 2 unspecified atom stereocenters. The normalized spacial score (nSPS) is 15.9. The van der Waals surface area contributed by atoms with Crippen molar-refractivity contribution in [1.29, 1.82) is 5.26 Å². The van der Waals surface area contributed by atoms with E-state index in [0.717, 1.165) is 5.56 Å². The summed E-state index contributed by atoms with van der Waals surface area (Å²) in [5.74, 6) is -0.681. The van der Waals surface area contributed by atoms with Gasteiger partial charge in [-0.25, -0.2) is 0 Å². The van der Waals surface area contributed by atoms with Crippen LogP contribution in [0.1, 0.15) is 46.2 Å². The number of aliphatic hydroxyl groups excluding tert-OH is 1. The van der Waals surface area contributed by atoms with Crippen LogP contribution in [0, 0.1) is 16.7 Å². The van der Waals surface area contributed by atoms with Gasteiger partial charge in [0.15, 0.2) is 0 Å². The number of carbonyl (C=O) groups excluding carboxylic acids is 2. The van der Waals surface area contributed by atoms with Gasteiger partial charge in [0, 0.05) is 12.0 Å². The van der Waals surface area contributed by atoms with Crippen molar-refractivity contribution in [3.8, 4) is 6.07 Å². The average molecular weight is 377 g/mol. The highest BCUT2D eigenvalue weighted by Crippen LogP contribution is 2.30. The van der Waals surface area contributed by atoms with Crippen LogP contribution in [0.5, 0.6) is 0 Å². The first-order chi connectivity index (χ1) is 13.4. The summed E-state index contributed by atoms with van der Waals surface area (Å²) in [4.78, 5) is 26.5. The number of carbonyl (C=O) groups is 2. The molecule has 0 aliphatic carbocycles. The summed E-state index contributed by atoms with van der Waals surface area (Å²) < 4.78 is 0. The molecular weight excluding hydrogens is 354 g/mol. The minimum absolute atomic E-state index is 0.0948. The monoisotopic (exact) mass is 377 g/mol. The Morgan fingerprint density at radius 1 is 1.04 bits per heavy atom. The second-order valence-corrected chi connectivity index (χ2v) is 7.61. The number of amides is 2. The number of imide groups is 1. The van der Waals surface area contributed by atoms with Crippen molar-refractivity contribution in [2.75, 3.05) is 13.2 Å². The van der Waals surface area contributed by atoms with E-state index in [1.165, 1.54) is 4.90 Å². The summed E-state index contributed by atoms with van der Waals surface area (Å²) in [6.45, 7) is 3.58. The molecule has 2 N–H and O–H groups in total. The van der Waals surface area contributed by atoms with Crippen LogP contribution in [0.15, 0.2) is 54.6 Å². The molecule has 3 rings (SSSR count). The van der Waals surface area contributed by atoms with Crippen LogP contribution < -0.4 is 5.32 Å². The van der Waals surface area contributed by atoms with Crippen molar-refractivity contribution >= 4 is 11.8 Å². The summed E-state index contributed by atoms with van der Waals surface area (Å²) >= 11 is 0. The van der Waals surface area contributed by atoms with Gasteiger partial charge in [0.25, 0.3) is 11.8 Å². The zero-order valence-electron chi connectivity index (χ0n) is 15.9. The van der Waals surface area contributed by atoms with Gasteiger partial charge < -0.3 is 5.11 Å². The van der Waals surface area contributed by atoms with E-state index in [2.05, 4.69) is 11.4 Å². The Morgan fingerprint density at radius 2 is 1.57 bits per heavy atom. The third-order valence-electron chi connectivity index (χ3n) is 5.11. The highest BCUT2D eigenvalue weighted by molar-refractivity contribution is 6.21. The second kappa shape index (κ2) is 7.93. The molecule has 0 aromatic heterocycles. The lowest BCUT2D eigenvalue weighted by Crippen LogP contribution is -2.50. The third kappa shape index (κ3) is 3.68. The van der Waals surface area contributed by atoms with E-state index < -0.39 is 17.5 Å². The molecule has 0 radical (unpaired) electrons. The van der Waals surface area contributed by atoms with Crippen molar-refractivity contribution in [2.45, 2.75) is 25.9 Å². The number of benzene rings is 2. The maximum atomic E-state index is 12.7. The molecule has 144 valence electrons. The molecule has 1 aliphatic rings. The Bertz CT molecular complexity index is 883. The maximum absolute atomic E-state index is 12.7. The highest BCUT2D eigenvalue weighted by Gasteiger charge is 2.41. The molecular formula is C22H23N3O3. The summed E-state index contributed by atoms with van der Waals surface area (Å²) in [5, 5.41) is 22.7. The Hall–Kier alpha value is -3.01. The molecule has 2 atom stereocenters. The van der Waals surface area contributed by atoms with E-state index in [-0.39, 0.29) is 25.0 Å². The number of nitrogens with zero attached hydrogens (tertiary/aromatic N) is 2. The number of aliphatic hydroxyl groups is 1. The van der Waals surface area contributed by atoms with Crippen LogP contribution in [0.3, 0.4) is 0 Å². The summed E-state index contributed by atoms with van der Waals surface area (Å²) in [7, 11) is 0. The van der Waals surface area contributed by atoms with Crippen LogP contribution in [0.2, 0.25) is 0 Å². The molecule has 1 aliphatic heterocycles. The van der Waals surface area contributed by atoms with E-state index in [4.69, 9.17) is 0 Å². The summed E-state index contributed by atoms with van der Waals surface area (Å²) in [6.07, 6.45) is 0. The number of hydrogen-bond acceptors (Lipinski definition) is 5. The number of rotatable bonds is 7. The lowest BCUT2D eigenvalue weighted by Gasteiger charge is -2.35. The molecule has 2 amide bonds. The van der Waals surface area contributed by atoms with Crippen molar-refractivity contribution in [2.24, 2.45) is 5.41 Å². The van der Waals surface area contributed by atoms with Crippen molar-refractivity contribution in [3.05, 3.63) is 71.3 Å². The SMILES string of the molecule is CC(C)(CN1C(=O)c2ccccc2C1=O)C(C#N)NC(CO)c1ccccc1. The fourth-order valence-electron chi connectivity index (χ4n) is 3.46. The molecule has 28 heavy (non-hydrogen) atoms. The Labute approximate surface area is 164 Å². The minimum atomic E-state index is -0.732. The van der Waals surface area contributed by atoms with Crippen LogP contribution in [-0.2, 0) is 0 Å². The molecule has 2 aromatic carbocycles. The maximum Gasteiger partial charge on any atom is 0.261 e. The predicted molar refractivity (Wildman–Crippen MR) is 104 cm³/mol. The van der Waals surface area contributed by atoms with Gasteiger partial charge in [-0.05, 0) is 17.7 Å². The Kier molecular flexibility index (Phi) is 5.59. The van der Waals surface area contributed by atoms with Crippen LogP contribution in [0.25, 0.3) is 0 Å². The Morgan fingerprint density at radius 3 is 2.07 bits per heavy atom. The molecule has 6 heteroatoms. The first-order valence-corrected chi connectivity index (χ1v) is 9.15. The van der Waals surface area contributed by atoms with Crippen LogP contribution >= 0.6 is 0 Å². The van der Waals surface area contributed by atoms with Crippen molar-refractivity contribution < 1.29 is 14.7 Å². The van der Waals surface area contributed by atoms with Crippen LogP contribution in [-0.4, -0.2) is 41.0 Å². The van der Waals surface area contributed by atoms with Crippen molar-refractivity contribution in [3.63, 3.8) is 0 Å². The molecule has 6 nitrogen and oxygen atoms in total. The molecule has 0 saturated carbocycles. The second-order valence-electron chi connectivity index (χ2n) is 7.61. The molecule has 0 saturated heterocycles. The molecule has 1 heterocycles. The molecule has 0 spiro atoms. The Balaban J connectivity index is 1.78. The minimum Gasteiger partial charge on any atom is -0.394 e. The van der Waals surface area contributed by atoms with Gasteiger partial charge in [-0.3, -0.25) is 19.8 Å². The fourth-order valence-corrected chi connectivity index (χ4v) is 3.46. The quantitative estimate of drug-likeness (QED) is 0.723. The van der Waals surface area contributed by atoms with E-state index in [9.17, 15) is 20.0 Å². The van der Waals surface area contributed by atoms with Crippen molar-refractivity contribution in [1.82, 2.24) is 10.2 Å². The summed E-state index contributed by atoms with van der Waals surface area (Å²) in [5.41, 5.74) is 0.913. The van der Waals surface area contributed by atoms with E-state index >= 15 is 0 Å². The standard InChI is InChI=1S/C22H23N3O3/c1-22(2,14-25-20(27)16-10-6-7-11-17(16)21(25)28)19(12-23)24-18(13-26)15-8-4-3-5-9-15/h3-11,18-19,24,26H,13-14H2,1-2H3. The van der Waals surface area contributed by atoms with Gasteiger partial charge in [-0.2, -0.15) is 5.26 Å². The van der Waals surface area contributed by atoms with E-state index in [1.807, 2.05) is 44.2 Å². The predicted octanol–water partition coefficient (Wildman–Crippen LogP) is 2.52. The summed E-state index contributed by atoms with van der Waals surface area (Å²) in [6, 6.07) is 17.2. The van der Waals surface area contributed by atoms with Crippen LogP contribution in [0.4, 0.5) is 0 Å². The lowest BCUT2D eigenvalue weighted by molar-refractivity contribution is 0.0567. The highest BCUT2D eigenvalue weighted by atomic mass is 16.3. The average Bonchev–Trinajstić information content (AvgIpc) is 2.94. The molecule has 0 fully saturated rings. The largest absolute Gasteiger partial charge is 0.394 e. The smallest absolute Gasteiger partial charge is 0.261 e. The number of hydrogen-bond donors (Lipinski definition) is 2. The van der Waals surface area contributed by atoms with Gasteiger partial charge >= 0.3 is 0 Å². The zero-order valence-corrected chi connectivity index (χ0v) is 15.9. The van der Waals surface area contributed by atoms with Gasteiger partial charge in [0.2, 0.25) is 0 Å². The van der Waals surface area contributed by atoms with E-state index in [1.54, 1.807) is 24.3 Å². The van der Waals surface area contributed by atoms with Gasteiger partial charge in [-0.1, -0.05) is 56.3 Å². The zero-order chi connectivity index (χ0) is 20.3. The fraction of sp³-hybridized carbons (Fsp3) is 0.318. The number of nitriles is 1. The van der Waals surface area contributed by atoms with Gasteiger partial charge in [0.1, 0.15) is 6.04 Å². The first kappa shape index (κ1) is 19.7. The number of nitrogens with one attached hydrogen (secondary N) is 1.